The first-order chi connectivity index (χ1) is 12.1. The van der Waals surface area contributed by atoms with Crippen LogP contribution in [0.2, 0.25) is 0 Å². The summed E-state index contributed by atoms with van der Waals surface area (Å²) in [6.07, 6.45) is 4.95. The average Bonchev–Trinajstić information content (AvgIpc) is 2.64. The molecule has 3 aromatic heterocycles. The number of H-pyrrole nitrogens is 1. The average molecular weight is 357 g/mol. The summed E-state index contributed by atoms with van der Waals surface area (Å²) in [6.45, 7) is 0.190. The van der Waals surface area contributed by atoms with E-state index in [1.54, 1.807) is 30.5 Å². The molecule has 0 bridgehead atoms. The summed E-state index contributed by atoms with van der Waals surface area (Å²) in [5.74, 6) is -0.301. The Morgan fingerprint density at radius 3 is 2.80 bits per heavy atom. The molecule has 0 fully saturated rings. The molecule has 0 saturated carbocycles. The van der Waals surface area contributed by atoms with Crippen LogP contribution in [-0.2, 0) is 6.54 Å². The minimum Gasteiger partial charge on any atom is -0.350 e. The molecule has 0 aliphatic rings. The molecule has 2 N–H and O–H groups in total. The second-order valence-electron chi connectivity index (χ2n) is 5.10. The Bertz CT molecular complexity index is 1040. The predicted molar refractivity (Wildman–Crippen MR) is 95.0 cm³/mol. The number of nitrogens with zero attached hydrogens (tertiary/aromatic N) is 3. The van der Waals surface area contributed by atoms with Crippen LogP contribution in [0.3, 0.4) is 0 Å². The normalized spacial score (nSPS) is 10.8. The monoisotopic (exact) mass is 357 g/mol. The van der Waals surface area contributed by atoms with Crippen LogP contribution in [0, 0.1) is 0 Å². The molecule has 0 aliphatic heterocycles. The van der Waals surface area contributed by atoms with Crippen molar-refractivity contribution in [3.8, 4) is 0 Å². The summed E-state index contributed by atoms with van der Waals surface area (Å²) in [5, 5.41) is 3.65. The zero-order valence-corrected chi connectivity index (χ0v) is 14.2. The second kappa shape index (κ2) is 7.31. The number of carbonyl (C=O) groups excluding carboxylic acids is 1. The summed E-state index contributed by atoms with van der Waals surface area (Å²) >= 11 is 1.37. The molecule has 8 nitrogen and oxygen atoms in total. The van der Waals surface area contributed by atoms with Gasteiger partial charge >= 0.3 is 5.69 Å². The van der Waals surface area contributed by atoms with Crippen LogP contribution >= 0.6 is 11.8 Å². The molecule has 0 unspecified atom stereocenters. The summed E-state index contributed by atoms with van der Waals surface area (Å²) in [7, 11) is 0. The van der Waals surface area contributed by atoms with Gasteiger partial charge in [0.2, 0.25) is 0 Å². The highest BCUT2D eigenvalue weighted by atomic mass is 32.2. The number of amides is 1. The Morgan fingerprint density at radius 1 is 1.24 bits per heavy atom. The first kappa shape index (κ1) is 16.9. The lowest BCUT2D eigenvalue weighted by atomic mass is 10.2. The third-order valence-electron chi connectivity index (χ3n) is 3.58. The summed E-state index contributed by atoms with van der Waals surface area (Å²) < 4.78 is 1.04. The van der Waals surface area contributed by atoms with Crippen molar-refractivity contribution >= 4 is 28.7 Å². The van der Waals surface area contributed by atoms with Gasteiger partial charge in [0.05, 0.1) is 10.9 Å². The van der Waals surface area contributed by atoms with Gasteiger partial charge in [-0.2, -0.15) is 0 Å². The van der Waals surface area contributed by atoms with Crippen LogP contribution in [-0.4, -0.2) is 38.2 Å². The van der Waals surface area contributed by atoms with Gasteiger partial charge in [-0.3, -0.25) is 19.1 Å². The van der Waals surface area contributed by atoms with E-state index in [1.165, 1.54) is 18.0 Å². The van der Waals surface area contributed by atoms with Crippen LogP contribution in [0.25, 0.3) is 11.0 Å². The Labute approximate surface area is 146 Å². The van der Waals surface area contributed by atoms with Crippen LogP contribution in [0.1, 0.15) is 10.4 Å². The molecule has 128 valence electrons. The van der Waals surface area contributed by atoms with Crippen LogP contribution < -0.4 is 16.6 Å². The number of pyridine rings is 2. The number of aromatic amines is 1. The quantitative estimate of drug-likeness (QED) is 0.648. The van der Waals surface area contributed by atoms with E-state index >= 15 is 0 Å². The molecule has 0 radical (unpaired) electrons. The molecule has 0 atom stereocenters. The minimum atomic E-state index is -0.559. The van der Waals surface area contributed by atoms with Gasteiger partial charge in [0.15, 0.2) is 0 Å². The van der Waals surface area contributed by atoms with Crippen molar-refractivity contribution < 1.29 is 4.79 Å². The van der Waals surface area contributed by atoms with Gasteiger partial charge in [0.1, 0.15) is 10.7 Å². The zero-order valence-electron chi connectivity index (χ0n) is 13.4. The van der Waals surface area contributed by atoms with Crippen LogP contribution in [0.4, 0.5) is 0 Å². The maximum absolute atomic E-state index is 12.4. The Morgan fingerprint density at radius 2 is 2.00 bits per heavy atom. The predicted octanol–water partition coefficient (Wildman–Crippen LogP) is 0.632. The number of rotatable bonds is 5. The number of carbonyl (C=O) groups is 1. The maximum Gasteiger partial charge on any atom is 0.330 e. The van der Waals surface area contributed by atoms with E-state index in [-0.39, 0.29) is 24.6 Å². The molecule has 9 heteroatoms. The maximum atomic E-state index is 12.4. The third kappa shape index (κ3) is 3.45. The smallest absolute Gasteiger partial charge is 0.330 e. The standard InChI is InChI=1S/C16H15N5O3S/c1-25-14-11(5-3-7-19-14)13(22)18-8-9-21-15(23)10-4-2-6-17-12(10)20-16(21)24/h2-7H,8-9H2,1H3,(H,18,22)(H,17,20,24). The molecule has 0 aromatic carbocycles. The minimum absolute atomic E-state index is 0.0552. The topological polar surface area (TPSA) is 110 Å². The number of thioether (sulfide) groups is 1. The SMILES string of the molecule is CSc1ncccc1C(=O)NCCn1c(=O)[nH]c2ncccc2c1=O. The molecule has 1 amide bonds. The van der Waals surface area contributed by atoms with E-state index in [1.807, 2.05) is 6.26 Å². The number of hydrogen-bond acceptors (Lipinski definition) is 6. The lowest BCUT2D eigenvalue weighted by molar-refractivity contribution is 0.0948. The van der Waals surface area contributed by atoms with Gasteiger partial charge in [-0.15, -0.1) is 11.8 Å². The van der Waals surface area contributed by atoms with Gasteiger partial charge in [-0.1, -0.05) is 0 Å². The van der Waals surface area contributed by atoms with Crippen molar-refractivity contribution in [3.63, 3.8) is 0 Å². The lowest BCUT2D eigenvalue weighted by Gasteiger charge is -2.09. The third-order valence-corrected chi connectivity index (χ3v) is 4.30. The molecular formula is C16H15N5O3S. The molecule has 0 saturated heterocycles. The van der Waals surface area contributed by atoms with Crippen molar-refractivity contribution in [3.05, 3.63) is 63.1 Å². The van der Waals surface area contributed by atoms with Gasteiger partial charge in [-0.05, 0) is 30.5 Å². The van der Waals surface area contributed by atoms with E-state index in [0.717, 1.165) is 4.57 Å². The van der Waals surface area contributed by atoms with Crippen LogP contribution in [0.5, 0.6) is 0 Å². The van der Waals surface area contributed by atoms with Gasteiger partial charge in [0.25, 0.3) is 11.5 Å². The van der Waals surface area contributed by atoms with Crippen molar-refractivity contribution in [1.82, 2.24) is 24.8 Å². The number of aromatic nitrogens is 4. The first-order valence-corrected chi connectivity index (χ1v) is 8.69. The second-order valence-corrected chi connectivity index (χ2v) is 5.90. The van der Waals surface area contributed by atoms with E-state index in [2.05, 4.69) is 20.3 Å². The molecular weight excluding hydrogens is 342 g/mol. The molecule has 25 heavy (non-hydrogen) atoms. The highest BCUT2D eigenvalue weighted by Gasteiger charge is 2.12. The Balaban J connectivity index is 1.76. The molecule has 3 aromatic rings. The van der Waals surface area contributed by atoms with Crippen LogP contribution in [0.15, 0.2) is 51.3 Å². The molecule has 0 aliphatic carbocycles. The number of nitrogens with one attached hydrogen (secondary N) is 2. The van der Waals surface area contributed by atoms with E-state index in [9.17, 15) is 14.4 Å². The molecule has 0 spiro atoms. The van der Waals surface area contributed by atoms with E-state index in [4.69, 9.17) is 0 Å². The fourth-order valence-corrected chi connectivity index (χ4v) is 2.94. The number of fused-ring (bicyclic) bond motifs is 1. The van der Waals surface area contributed by atoms with Crippen molar-refractivity contribution in [2.24, 2.45) is 0 Å². The summed E-state index contributed by atoms with van der Waals surface area (Å²) in [4.78, 5) is 47.3. The largest absolute Gasteiger partial charge is 0.350 e. The van der Waals surface area contributed by atoms with E-state index in [0.29, 0.717) is 16.0 Å². The zero-order chi connectivity index (χ0) is 17.8. The fourth-order valence-electron chi connectivity index (χ4n) is 2.39. The fraction of sp³-hybridized carbons (Fsp3) is 0.188. The van der Waals surface area contributed by atoms with Gasteiger partial charge in [0, 0.05) is 25.5 Å². The summed E-state index contributed by atoms with van der Waals surface area (Å²) in [6, 6.07) is 6.57. The lowest BCUT2D eigenvalue weighted by Crippen LogP contribution is -2.39. The Kier molecular flexibility index (Phi) is 4.94. The highest BCUT2D eigenvalue weighted by Crippen LogP contribution is 2.16. The number of hydrogen-bond donors (Lipinski definition) is 2. The van der Waals surface area contributed by atoms with E-state index < -0.39 is 11.2 Å². The van der Waals surface area contributed by atoms with Gasteiger partial charge < -0.3 is 5.32 Å². The molecule has 3 rings (SSSR count). The Hall–Kier alpha value is -2.94. The van der Waals surface area contributed by atoms with Crippen molar-refractivity contribution in [1.29, 1.82) is 0 Å². The van der Waals surface area contributed by atoms with Crippen molar-refractivity contribution in [2.45, 2.75) is 11.6 Å². The van der Waals surface area contributed by atoms with Crippen molar-refractivity contribution in [2.75, 3.05) is 12.8 Å². The first-order valence-electron chi connectivity index (χ1n) is 7.47. The summed E-state index contributed by atoms with van der Waals surface area (Å²) in [5.41, 5.74) is -0.291. The molecule has 3 heterocycles. The van der Waals surface area contributed by atoms with Gasteiger partial charge in [-0.25, -0.2) is 14.8 Å². The highest BCUT2D eigenvalue weighted by molar-refractivity contribution is 7.98.